The lowest BCUT2D eigenvalue weighted by molar-refractivity contribution is 0.207. The normalized spacial score (nSPS) is 11.7. The first-order valence-electron chi connectivity index (χ1n) is 8.96. The molecule has 3 nitrogen and oxygen atoms in total. The van der Waals surface area contributed by atoms with Gasteiger partial charge in [0.2, 0.25) is 0 Å². The van der Waals surface area contributed by atoms with Gasteiger partial charge < -0.3 is 10.2 Å². The molecule has 0 fully saturated rings. The third-order valence-electron chi connectivity index (χ3n) is 4.75. The van der Waals surface area contributed by atoms with Crippen LogP contribution in [0.5, 0.6) is 0 Å². The SMILES string of the molecule is CC(c1ccccc1F)N(C)C(=O)Nc1ccccc1Cc1ccccc1. The van der Waals surface area contributed by atoms with Crippen LogP contribution in [0.15, 0.2) is 78.9 Å². The molecular weight excluding hydrogens is 339 g/mol. The van der Waals surface area contributed by atoms with E-state index in [9.17, 15) is 9.18 Å². The lowest BCUT2D eigenvalue weighted by Gasteiger charge is -2.26. The molecule has 2 amide bonds. The summed E-state index contributed by atoms with van der Waals surface area (Å²) in [6, 6.07) is 23.7. The molecular formula is C23H23FN2O. The second-order valence-corrected chi connectivity index (χ2v) is 6.56. The molecule has 1 unspecified atom stereocenters. The van der Waals surface area contributed by atoms with E-state index in [1.165, 1.54) is 16.5 Å². The largest absolute Gasteiger partial charge is 0.322 e. The fraction of sp³-hybridized carbons (Fsp3) is 0.174. The molecule has 0 heterocycles. The summed E-state index contributed by atoms with van der Waals surface area (Å²) in [5.41, 5.74) is 3.46. The summed E-state index contributed by atoms with van der Waals surface area (Å²) in [6.45, 7) is 1.81. The average Bonchev–Trinajstić information content (AvgIpc) is 2.69. The first-order valence-corrected chi connectivity index (χ1v) is 8.96. The highest BCUT2D eigenvalue weighted by Crippen LogP contribution is 2.24. The van der Waals surface area contributed by atoms with Crippen LogP contribution >= 0.6 is 0 Å². The Morgan fingerprint density at radius 1 is 0.963 bits per heavy atom. The molecule has 0 saturated heterocycles. The number of carbonyl (C=O) groups is 1. The number of benzene rings is 3. The van der Waals surface area contributed by atoms with Gasteiger partial charge in [-0.3, -0.25) is 0 Å². The Labute approximate surface area is 159 Å². The van der Waals surface area contributed by atoms with Gasteiger partial charge in [-0.15, -0.1) is 0 Å². The van der Waals surface area contributed by atoms with Crippen LogP contribution in [0, 0.1) is 5.82 Å². The van der Waals surface area contributed by atoms with E-state index in [2.05, 4.69) is 17.4 Å². The highest BCUT2D eigenvalue weighted by atomic mass is 19.1. The zero-order valence-corrected chi connectivity index (χ0v) is 15.5. The number of para-hydroxylation sites is 1. The van der Waals surface area contributed by atoms with Crippen LogP contribution in [0.3, 0.4) is 0 Å². The van der Waals surface area contributed by atoms with Crippen molar-refractivity contribution in [1.29, 1.82) is 0 Å². The van der Waals surface area contributed by atoms with Crippen LogP contribution in [-0.2, 0) is 6.42 Å². The maximum absolute atomic E-state index is 14.0. The van der Waals surface area contributed by atoms with Crippen molar-refractivity contribution in [2.75, 3.05) is 12.4 Å². The summed E-state index contributed by atoms with van der Waals surface area (Å²) >= 11 is 0. The van der Waals surface area contributed by atoms with Crippen LogP contribution in [-0.4, -0.2) is 18.0 Å². The number of hydrogen-bond acceptors (Lipinski definition) is 1. The van der Waals surface area contributed by atoms with Gasteiger partial charge in [0.25, 0.3) is 0 Å². The molecule has 1 atom stereocenters. The second kappa shape index (κ2) is 8.49. The lowest BCUT2D eigenvalue weighted by Crippen LogP contribution is -2.34. The molecule has 0 aliphatic heterocycles. The number of carbonyl (C=O) groups excluding carboxylic acids is 1. The monoisotopic (exact) mass is 362 g/mol. The van der Waals surface area contributed by atoms with E-state index in [1.807, 2.05) is 49.4 Å². The molecule has 27 heavy (non-hydrogen) atoms. The van der Waals surface area contributed by atoms with E-state index in [4.69, 9.17) is 0 Å². The molecule has 3 rings (SSSR count). The zero-order valence-electron chi connectivity index (χ0n) is 15.5. The first-order chi connectivity index (χ1) is 13.1. The van der Waals surface area contributed by atoms with E-state index in [0.717, 1.165) is 17.7 Å². The predicted molar refractivity (Wildman–Crippen MR) is 107 cm³/mol. The Kier molecular flexibility index (Phi) is 5.87. The van der Waals surface area contributed by atoms with Gasteiger partial charge in [0.15, 0.2) is 0 Å². The van der Waals surface area contributed by atoms with Crippen molar-refractivity contribution in [3.05, 3.63) is 101 Å². The summed E-state index contributed by atoms with van der Waals surface area (Å²) < 4.78 is 14.0. The van der Waals surface area contributed by atoms with Gasteiger partial charge in [0.05, 0.1) is 6.04 Å². The predicted octanol–water partition coefficient (Wildman–Crippen LogP) is 5.64. The van der Waals surface area contributed by atoms with Gasteiger partial charge in [0, 0.05) is 18.3 Å². The Morgan fingerprint density at radius 3 is 2.33 bits per heavy atom. The maximum atomic E-state index is 14.0. The fourth-order valence-corrected chi connectivity index (χ4v) is 3.01. The molecule has 138 valence electrons. The van der Waals surface area contributed by atoms with Crippen LogP contribution in [0.25, 0.3) is 0 Å². The van der Waals surface area contributed by atoms with Crippen molar-refractivity contribution >= 4 is 11.7 Å². The number of hydrogen-bond donors (Lipinski definition) is 1. The Bertz CT molecular complexity index is 911. The van der Waals surface area contributed by atoms with Gasteiger partial charge in [-0.2, -0.15) is 0 Å². The zero-order chi connectivity index (χ0) is 19.2. The Morgan fingerprint density at radius 2 is 1.59 bits per heavy atom. The molecule has 0 radical (unpaired) electrons. The number of rotatable bonds is 5. The number of urea groups is 1. The van der Waals surface area contributed by atoms with Crippen molar-refractivity contribution in [2.24, 2.45) is 0 Å². The summed E-state index contributed by atoms with van der Waals surface area (Å²) in [5, 5.41) is 2.97. The van der Waals surface area contributed by atoms with Crippen LogP contribution in [0.4, 0.5) is 14.9 Å². The second-order valence-electron chi connectivity index (χ2n) is 6.56. The molecule has 1 N–H and O–H groups in total. The van der Waals surface area contributed by atoms with Crippen molar-refractivity contribution in [3.63, 3.8) is 0 Å². The van der Waals surface area contributed by atoms with Crippen LogP contribution in [0.2, 0.25) is 0 Å². The van der Waals surface area contributed by atoms with Gasteiger partial charge in [-0.25, -0.2) is 9.18 Å². The van der Waals surface area contributed by atoms with Crippen LogP contribution in [0.1, 0.15) is 29.7 Å². The molecule has 3 aromatic carbocycles. The van der Waals surface area contributed by atoms with E-state index in [-0.39, 0.29) is 17.9 Å². The number of nitrogens with zero attached hydrogens (tertiary/aromatic N) is 1. The van der Waals surface area contributed by atoms with Gasteiger partial charge in [-0.05, 0) is 36.6 Å². The molecule has 0 saturated carbocycles. The molecule has 0 aliphatic carbocycles. The van der Waals surface area contributed by atoms with E-state index in [1.54, 1.807) is 25.2 Å². The summed E-state index contributed by atoms with van der Waals surface area (Å²) in [5.74, 6) is -0.311. The average molecular weight is 362 g/mol. The third-order valence-corrected chi connectivity index (χ3v) is 4.75. The van der Waals surface area contributed by atoms with Crippen molar-refractivity contribution in [3.8, 4) is 0 Å². The van der Waals surface area contributed by atoms with E-state index in [0.29, 0.717) is 5.56 Å². The lowest BCUT2D eigenvalue weighted by atomic mass is 10.0. The van der Waals surface area contributed by atoms with Crippen LogP contribution < -0.4 is 5.32 Å². The smallest absolute Gasteiger partial charge is 0.321 e. The quantitative estimate of drug-likeness (QED) is 0.626. The number of nitrogens with one attached hydrogen (secondary N) is 1. The fourth-order valence-electron chi connectivity index (χ4n) is 3.01. The third kappa shape index (κ3) is 4.53. The van der Waals surface area contributed by atoms with Crippen molar-refractivity contribution in [2.45, 2.75) is 19.4 Å². The minimum Gasteiger partial charge on any atom is -0.321 e. The van der Waals surface area contributed by atoms with Crippen molar-refractivity contribution < 1.29 is 9.18 Å². The number of amides is 2. The Hall–Kier alpha value is -3.14. The standard InChI is InChI=1S/C23H23FN2O/c1-17(20-13-7-8-14-21(20)24)26(2)23(27)25-22-15-9-6-12-19(22)16-18-10-4-3-5-11-18/h3-15,17H,16H2,1-2H3,(H,25,27). The molecule has 4 heteroatoms. The topological polar surface area (TPSA) is 32.3 Å². The highest BCUT2D eigenvalue weighted by molar-refractivity contribution is 5.90. The summed E-state index contributed by atoms with van der Waals surface area (Å²) in [6.07, 6.45) is 0.726. The molecule has 0 spiro atoms. The van der Waals surface area contributed by atoms with Gasteiger partial charge in [-0.1, -0.05) is 66.7 Å². The number of anilines is 1. The first kappa shape index (κ1) is 18.6. The Balaban J connectivity index is 1.75. The maximum Gasteiger partial charge on any atom is 0.322 e. The van der Waals surface area contributed by atoms with Crippen molar-refractivity contribution in [1.82, 2.24) is 4.90 Å². The minimum atomic E-state index is -0.382. The van der Waals surface area contributed by atoms with E-state index < -0.39 is 0 Å². The molecule has 0 aliphatic rings. The van der Waals surface area contributed by atoms with E-state index >= 15 is 0 Å². The molecule has 0 bridgehead atoms. The number of halogens is 1. The van der Waals surface area contributed by atoms with Gasteiger partial charge in [0.1, 0.15) is 5.82 Å². The summed E-state index contributed by atoms with van der Waals surface area (Å²) in [4.78, 5) is 14.2. The highest BCUT2D eigenvalue weighted by Gasteiger charge is 2.20. The molecule has 0 aromatic heterocycles. The summed E-state index contributed by atoms with van der Waals surface area (Å²) in [7, 11) is 1.67. The molecule has 3 aromatic rings. The minimum absolute atomic E-state index is 0.272. The van der Waals surface area contributed by atoms with Gasteiger partial charge >= 0.3 is 6.03 Å².